The van der Waals surface area contributed by atoms with Crippen molar-refractivity contribution in [1.82, 2.24) is 14.8 Å². The zero-order chi connectivity index (χ0) is 17.1. The average molecular weight is 364 g/mol. The van der Waals surface area contributed by atoms with Crippen molar-refractivity contribution in [1.29, 1.82) is 0 Å². The van der Waals surface area contributed by atoms with Gasteiger partial charge in [-0.05, 0) is 32.1 Å². The third-order valence-corrected chi connectivity index (χ3v) is 6.81. The molecule has 6 heteroatoms. The average Bonchev–Trinajstić information content (AvgIpc) is 3.34. The van der Waals surface area contributed by atoms with E-state index in [-0.39, 0.29) is 12.0 Å². The van der Waals surface area contributed by atoms with Crippen molar-refractivity contribution >= 4 is 17.2 Å². The quantitative estimate of drug-likeness (QED) is 0.825. The Bertz CT molecular complexity index is 579. The van der Waals surface area contributed by atoms with E-state index in [4.69, 9.17) is 9.72 Å². The van der Waals surface area contributed by atoms with Crippen LogP contribution in [0.4, 0.5) is 0 Å². The SMILES string of the molecule is O=C(C1CN(Cc2csc(C3CCCC3)n2)CCO1)N1CCCCC1. The molecule has 0 radical (unpaired) electrons. The van der Waals surface area contributed by atoms with Crippen molar-refractivity contribution in [2.24, 2.45) is 0 Å². The van der Waals surface area contributed by atoms with Gasteiger partial charge in [-0.2, -0.15) is 0 Å². The minimum Gasteiger partial charge on any atom is -0.366 e. The van der Waals surface area contributed by atoms with Crippen LogP contribution < -0.4 is 0 Å². The number of hydrogen-bond acceptors (Lipinski definition) is 5. The third kappa shape index (κ3) is 4.23. The van der Waals surface area contributed by atoms with E-state index in [2.05, 4.69) is 10.3 Å². The van der Waals surface area contributed by atoms with Gasteiger partial charge in [-0.3, -0.25) is 9.69 Å². The number of ether oxygens (including phenoxy) is 1. The third-order valence-electron chi connectivity index (χ3n) is 5.75. The first-order valence-electron chi connectivity index (χ1n) is 9.86. The van der Waals surface area contributed by atoms with Gasteiger partial charge in [0, 0.05) is 44.0 Å². The second kappa shape index (κ2) is 8.14. The number of rotatable bonds is 4. The standard InChI is InChI=1S/C19H29N3O2S/c23-19(22-8-4-1-5-9-22)17-13-21(10-11-24-17)12-16-14-25-18(20-16)15-6-2-3-7-15/h14-15,17H,1-13H2. The molecule has 2 aliphatic heterocycles. The molecule has 0 N–H and O–H groups in total. The van der Waals surface area contributed by atoms with Gasteiger partial charge in [0.2, 0.25) is 0 Å². The molecule has 2 saturated heterocycles. The largest absolute Gasteiger partial charge is 0.366 e. The van der Waals surface area contributed by atoms with Crippen molar-refractivity contribution in [2.75, 3.05) is 32.8 Å². The van der Waals surface area contributed by atoms with E-state index < -0.39 is 0 Å². The van der Waals surface area contributed by atoms with Gasteiger partial charge in [-0.25, -0.2) is 4.98 Å². The van der Waals surface area contributed by atoms with Crippen molar-refractivity contribution in [3.05, 3.63) is 16.1 Å². The Kier molecular flexibility index (Phi) is 5.68. The number of amides is 1. The number of likely N-dealkylation sites (tertiary alicyclic amines) is 1. The molecular formula is C19H29N3O2S. The van der Waals surface area contributed by atoms with Crippen LogP contribution in [0.25, 0.3) is 0 Å². The topological polar surface area (TPSA) is 45.7 Å². The van der Waals surface area contributed by atoms with Gasteiger partial charge in [0.05, 0.1) is 17.3 Å². The number of aromatic nitrogens is 1. The molecule has 4 rings (SSSR count). The molecular weight excluding hydrogens is 334 g/mol. The van der Waals surface area contributed by atoms with Gasteiger partial charge in [-0.15, -0.1) is 11.3 Å². The lowest BCUT2D eigenvalue weighted by molar-refractivity contribution is -0.150. The minimum atomic E-state index is -0.292. The fourth-order valence-corrected chi connectivity index (χ4v) is 5.28. The molecule has 138 valence electrons. The van der Waals surface area contributed by atoms with Crippen LogP contribution in [-0.2, 0) is 16.1 Å². The Morgan fingerprint density at radius 1 is 1.16 bits per heavy atom. The van der Waals surface area contributed by atoms with Gasteiger partial charge >= 0.3 is 0 Å². The summed E-state index contributed by atoms with van der Waals surface area (Å²) in [4.78, 5) is 21.9. The van der Waals surface area contributed by atoms with Gasteiger partial charge in [-0.1, -0.05) is 12.8 Å². The highest BCUT2D eigenvalue weighted by Crippen LogP contribution is 2.35. The Morgan fingerprint density at radius 2 is 1.96 bits per heavy atom. The smallest absolute Gasteiger partial charge is 0.253 e. The van der Waals surface area contributed by atoms with Gasteiger partial charge in [0.25, 0.3) is 5.91 Å². The summed E-state index contributed by atoms with van der Waals surface area (Å²) in [6.07, 6.45) is 8.52. The molecule has 3 aliphatic rings. The number of carbonyl (C=O) groups excluding carboxylic acids is 1. The van der Waals surface area contributed by atoms with Crippen molar-refractivity contribution in [3.63, 3.8) is 0 Å². The number of hydrogen-bond donors (Lipinski definition) is 0. The Morgan fingerprint density at radius 3 is 2.76 bits per heavy atom. The first-order chi connectivity index (χ1) is 12.3. The second-order valence-corrected chi connectivity index (χ2v) is 8.53. The maximum Gasteiger partial charge on any atom is 0.253 e. The summed E-state index contributed by atoms with van der Waals surface area (Å²) in [5, 5.41) is 3.53. The van der Waals surface area contributed by atoms with Crippen LogP contribution in [0.15, 0.2) is 5.38 Å². The van der Waals surface area contributed by atoms with Crippen molar-refractivity contribution in [2.45, 2.75) is 63.5 Å². The van der Waals surface area contributed by atoms with Crippen LogP contribution in [0.2, 0.25) is 0 Å². The maximum absolute atomic E-state index is 12.7. The number of piperidine rings is 1. The van der Waals surface area contributed by atoms with E-state index in [1.165, 1.54) is 37.1 Å². The lowest BCUT2D eigenvalue weighted by Gasteiger charge is -2.36. The van der Waals surface area contributed by atoms with Crippen molar-refractivity contribution in [3.8, 4) is 0 Å². The molecule has 25 heavy (non-hydrogen) atoms. The molecule has 1 unspecified atom stereocenters. The number of nitrogens with zero attached hydrogens (tertiary/aromatic N) is 3. The summed E-state index contributed by atoms with van der Waals surface area (Å²) in [5.74, 6) is 0.881. The molecule has 1 atom stereocenters. The number of thiazole rings is 1. The van der Waals surface area contributed by atoms with Crippen LogP contribution in [0.3, 0.4) is 0 Å². The number of carbonyl (C=O) groups is 1. The van der Waals surface area contributed by atoms with Gasteiger partial charge < -0.3 is 9.64 Å². The first kappa shape index (κ1) is 17.4. The molecule has 1 aromatic rings. The van der Waals surface area contributed by atoms with E-state index in [0.29, 0.717) is 19.1 Å². The summed E-state index contributed by atoms with van der Waals surface area (Å²) in [6, 6.07) is 0. The van der Waals surface area contributed by atoms with E-state index in [9.17, 15) is 4.79 Å². The molecule has 1 saturated carbocycles. The summed E-state index contributed by atoms with van der Waals surface area (Å²) >= 11 is 1.82. The fourth-order valence-electron chi connectivity index (χ4n) is 4.30. The lowest BCUT2D eigenvalue weighted by atomic mass is 10.1. The predicted octanol–water partition coefficient (Wildman–Crippen LogP) is 3.01. The van der Waals surface area contributed by atoms with E-state index >= 15 is 0 Å². The molecule has 1 aliphatic carbocycles. The van der Waals surface area contributed by atoms with Crippen LogP contribution >= 0.6 is 11.3 Å². The monoisotopic (exact) mass is 363 g/mol. The summed E-state index contributed by atoms with van der Waals surface area (Å²) in [7, 11) is 0. The Balaban J connectivity index is 1.32. The predicted molar refractivity (Wildman–Crippen MR) is 98.8 cm³/mol. The van der Waals surface area contributed by atoms with Crippen LogP contribution in [0, 0.1) is 0 Å². The zero-order valence-electron chi connectivity index (χ0n) is 15.0. The minimum absolute atomic E-state index is 0.189. The second-order valence-electron chi connectivity index (χ2n) is 7.64. The van der Waals surface area contributed by atoms with Crippen LogP contribution in [0.5, 0.6) is 0 Å². The molecule has 0 bridgehead atoms. The zero-order valence-corrected chi connectivity index (χ0v) is 15.8. The number of morpholine rings is 1. The highest BCUT2D eigenvalue weighted by molar-refractivity contribution is 7.09. The van der Waals surface area contributed by atoms with Gasteiger partial charge in [0.15, 0.2) is 0 Å². The molecule has 3 heterocycles. The molecule has 3 fully saturated rings. The van der Waals surface area contributed by atoms with E-state index in [1.54, 1.807) is 0 Å². The van der Waals surface area contributed by atoms with Crippen molar-refractivity contribution < 1.29 is 9.53 Å². The molecule has 0 aromatic carbocycles. The molecule has 1 amide bonds. The van der Waals surface area contributed by atoms with E-state index in [0.717, 1.165) is 44.7 Å². The normalized spacial score (nSPS) is 26.2. The maximum atomic E-state index is 12.7. The summed E-state index contributed by atoms with van der Waals surface area (Å²) < 4.78 is 5.80. The van der Waals surface area contributed by atoms with E-state index in [1.807, 2.05) is 16.2 Å². The fraction of sp³-hybridized carbons (Fsp3) is 0.789. The Labute approximate surface area is 154 Å². The van der Waals surface area contributed by atoms with Crippen LogP contribution in [-0.4, -0.2) is 59.6 Å². The van der Waals surface area contributed by atoms with Crippen LogP contribution in [0.1, 0.15) is 61.6 Å². The highest BCUT2D eigenvalue weighted by atomic mass is 32.1. The summed E-state index contributed by atoms with van der Waals surface area (Å²) in [6.45, 7) is 4.87. The summed E-state index contributed by atoms with van der Waals surface area (Å²) in [5.41, 5.74) is 1.16. The lowest BCUT2D eigenvalue weighted by Crippen LogP contribution is -2.51. The molecule has 1 aromatic heterocycles. The highest BCUT2D eigenvalue weighted by Gasteiger charge is 2.31. The molecule has 0 spiro atoms. The van der Waals surface area contributed by atoms with Gasteiger partial charge in [0.1, 0.15) is 6.10 Å². The molecule has 5 nitrogen and oxygen atoms in total. The first-order valence-corrected chi connectivity index (χ1v) is 10.7. The Hall–Kier alpha value is -0.980.